The molecule has 0 aliphatic heterocycles. The van der Waals surface area contributed by atoms with E-state index in [0.717, 1.165) is 25.7 Å². The van der Waals surface area contributed by atoms with Gasteiger partial charge in [-0.2, -0.15) is 0 Å². The van der Waals surface area contributed by atoms with Crippen LogP contribution >= 0.6 is 0 Å². The molecule has 1 aromatic carbocycles. The molecule has 0 heterocycles. The number of phenols is 1. The smallest absolute Gasteiger partial charge is 0.120 e. The second-order valence-electron chi connectivity index (χ2n) is 6.48. The van der Waals surface area contributed by atoms with Crippen LogP contribution in [0, 0.1) is 5.41 Å². The van der Waals surface area contributed by atoms with Crippen molar-refractivity contribution in [2.24, 2.45) is 5.41 Å². The molecule has 1 aromatic rings. The molecule has 3 nitrogen and oxygen atoms in total. The third kappa shape index (κ3) is 4.27. The zero-order chi connectivity index (χ0) is 14.6. The highest BCUT2D eigenvalue weighted by Crippen LogP contribution is 2.40. The number of aromatic hydroxyl groups is 1. The summed E-state index contributed by atoms with van der Waals surface area (Å²) < 4.78 is 5.53. The first kappa shape index (κ1) is 14.9. The quantitative estimate of drug-likeness (QED) is 0.825. The fourth-order valence-corrected chi connectivity index (χ4v) is 2.48. The average molecular weight is 276 g/mol. The van der Waals surface area contributed by atoms with E-state index in [1.54, 1.807) is 24.3 Å². The van der Waals surface area contributed by atoms with E-state index in [1.165, 1.54) is 0 Å². The fourth-order valence-electron chi connectivity index (χ4n) is 2.48. The predicted octanol–water partition coefficient (Wildman–Crippen LogP) is 3.66. The number of aliphatic hydroxyl groups is 1. The number of rotatable bonds is 4. The Morgan fingerprint density at radius 3 is 2.30 bits per heavy atom. The van der Waals surface area contributed by atoms with Gasteiger partial charge in [0.05, 0.1) is 5.60 Å². The molecule has 0 bridgehead atoms. The molecule has 110 valence electrons. The van der Waals surface area contributed by atoms with E-state index in [0.29, 0.717) is 17.8 Å². The minimum Gasteiger partial charge on any atom is -0.508 e. The molecule has 1 fully saturated rings. The van der Waals surface area contributed by atoms with Crippen LogP contribution in [0.3, 0.4) is 0 Å². The average Bonchev–Trinajstić information content (AvgIpc) is 2.41. The zero-order valence-corrected chi connectivity index (χ0v) is 12.3. The van der Waals surface area contributed by atoms with Crippen molar-refractivity contribution >= 4 is 0 Å². The molecular weight excluding hydrogens is 252 g/mol. The summed E-state index contributed by atoms with van der Waals surface area (Å²) in [6, 6.07) is 6.63. The van der Waals surface area contributed by atoms with Crippen LogP contribution < -0.4 is 4.74 Å². The van der Waals surface area contributed by atoms with Crippen LogP contribution in [0.25, 0.3) is 0 Å². The number of hydrogen-bond donors (Lipinski definition) is 2. The van der Waals surface area contributed by atoms with Gasteiger partial charge >= 0.3 is 0 Å². The lowest BCUT2D eigenvalue weighted by Crippen LogP contribution is -2.35. The molecule has 20 heavy (non-hydrogen) atoms. The Bertz CT molecular complexity index is 450. The number of ether oxygens (including phenoxy) is 1. The van der Waals surface area contributed by atoms with E-state index in [2.05, 4.69) is 13.8 Å². The van der Waals surface area contributed by atoms with Gasteiger partial charge in [0.1, 0.15) is 18.1 Å². The van der Waals surface area contributed by atoms with Crippen LogP contribution in [0.4, 0.5) is 0 Å². The molecule has 0 spiro atoms. The monoisotopic (exact) mass is 276 g/mol. The van der Waals surface area contributed by atoms with Crippen molar-refractivity contribution in [3.63, 3.8) is 0 Å². The highest BCUT2D eigenvalue weighted by molar-refractivity contribution is 5.30. The van der Waals surface area contributed by atoms with Gasteiger partial charge in [0.25, 0.3) is 0 Å². The lowest BCUT2D eigenvalue weighted by Gasteiger charge is -2.38. The first-order chi connectivity index (χ1) is 9.39. The van der Waals surface area contributed by atoms with E-state index in [1.807, 2.05) is 12.2 Å². The molecule has 0 saturated heterocycles. The summed E-state index contributed by atoms with van der Waals surface area (Å²) in [5.41, 5.74) is -0.323. The molecule has 2 N–H and O–H groups in total. The van der Waals surface area contributed by atoms with Gasteiger partial charge in [-0.05, 0) is 61.4 Å². The van der Waals surface area contributed by atoms with Crippen molar-refractivity contribution in [1.29, 1.82) is 0 Å². The Morgan fingerprint density at radius 1 is 1.10 bits per heavy atom. The maximum absolute atomic E-state index is 10.5. The van der Waals surface area contributed by atoms with Crippen molar-refractivity contribution in [2.75, 3.05) is 6.61 Å². The molecule has 0 unspecified atom stereocenters. The lowest BCUT2D eigenvalue weighted by molar-refractivity contribution is 0.0146. The van der Waals surface area contributed by atoms with Crippen molar-refractivity contribution in [3.8, 4) is 11.5 Å². The molecule has 0 amide bonds. The Morgan fingerprint density at radius 2 is 1.70 bits per heavy atom. The molecule has 3 heteroatoms. The SMILES string of the molecule is CC1(C)CCC(O)(C=CCOc2ccc(O)cc2)CC1. The van der Waals surface area contributed by atoms with E-state index < -0.39 is 5.60 Å². The van der Waals surface area contributed by atoms with Gasteiger partial charge in [-0.3, -0.25) is 0 Å². The Hall–Kier alpha value is -1.48. The maximum atomic E-state index is 10.5. The van der Waals surface area contributed by atoms with Crippen LogP contribution in [0.5, 0.6) is 11.5 Å². The van der Waals surface area contributed by atoms with Crippen molar-refractivity contribution in [1.82, 2.24) is 0 Å². The molecular formula is C17H24O3. The van der Waals surface area contributed by atoms with Gasteiger partial charge in [-0.25, -0.2) is 0 Å². The van der Waals surface area contributed by atoms with Gasteiger partial charge in [0.2, 0.25) is 0 Å². The van der Waals surface area contributed by atoms with Crippen molar-refractivity contribution < 1.29 is 14.9 Å². The Labute approximate surface area is 120 Å². The molecule has 0 aromatic heterocycles. The van der Waals surface area contributed by atoms with E-state index in [4.69, 9.17) is 4.74 Å². The lowest BCUT2D eigenvalue weighted by atomic mass is 9.71. The summed E-state index contributed by atoms with van der Waals surface area (Å²) >= 11 is 0. The summed E-state index contributed by atoms with van der Waals surface area (Å²) in [7, 11) is 0. The standard InChI is InChI=1S/C17H24O3/c1-16(2)9-11-17(19,12-10-16)8-3-13-20-15-6-4-14(18)5-7-15/h3-8,18-19H,9-13H2,1-2H3. The van der Waals surface area contributed by atoms with Crippen LogP contribution in [0.1, 0.15) is 39.5 Å². The first-order valence-corrected chi connectivity index (χ1v) is 7.21. The zero-order valence-electron chi connectivity index (χ0n) is 12.3. The van der Waals surface area contributed by atoms with Crippen LogP contribution in [-0.4, -0.2) is 22.4 Å². The Balaban J connectivity index is 1.80. The normalized spacial score (nSPS) is 20.9. The van der Waals surface area contributed by atoms with Gasteiger partial charge in [-0.15, -0.1) is 0 Å². The minimum absolute atomic E-state index is 0.229. The summed E-state index contributed by atoms with van der Waals surface area (Å²) in [4.78, 5) is 0. The molecule has 1 aliphatic carbocycles. The van der Waals surface area contributed by atoms with Gasteiger partial charge in [-0.1, -0.05) is 19.9 Å². The summed E-state index contributed by atoms with van der Waals surface area (Å²) in [5.74, 6) is 0.941. The molecule has 0 atom stereocenters. The summed E-state index contributed by atoms with van der Waals surface area (Å²) in [5, 5.41) is 19.6. The summed E-state index contributed by atoms with van der Waals surface area (Å²) in [6.45, 7) is 4.94. The Kier molecular flexibility index (Phi) is 4.39. The van der Waals surface area contributed by atoms with Crippen molar-refractivity contribution in [3.05, 3.63) is 36.4 Å². The number of hydrogen-bond acceptors (Lipinski definition) is 3. The molecule has 0 radical (unpaired) electrons. The van der Waals surface area contributed by atoms with Crippen LogP contribution in [-0.2, 0) is 0 Å². The van der Waals surface area contributed by atoms with Gasteiger partial charge in [0, 0.05) is 0 Å². The second-order valence-corrected chi connectivity index (χ2v) is 6.48. The first-order valence-electron chi connectivity index (χ1n) is 7.21. The predicted molar refractivity (Wildman–Crippen MR) is 79.9 cm³/mol. The topological polar surface area (TPSA) is 49.7 Å². The second kappa shape index (κ2) is 5.88. The highest BCUT2D eigenvalue weighted by atomic mass is 16.5. The largest absolute Gasteiger partial charge is 0.508 e. The third-order valence-electron chi connectivity index (χ3n) is 4.08. The fraction of sp³-hybridized carbons (Fsp3) is 0.529. The molecule has 2 rings (SSSR count). The highest BCUT2D eigenvalue weighted by Gasteiger charge is 2.34. The summed E-state index contributed by atoms with van der Waals surface area (Å²) in [6.07, 6.45) is 7.48. The van der Waals surface area contributed by atoms with E-state index in [9.17, 15) is 10.2 Å². The van der Waals surface area contributed by atoms with Gasteiger partial charge < -0.3 is 14.9 Å². The number of benzene rings is 1. The van der Waals surface area contributed by atoms with Crippen LogP contribution in [0.15, 0.2) is 36.4 Å². The van der Waals surface area contributed by atoms with Crippen LogP contribution in [0.2, 0.25) is 0 Å². The minimum atomic E-state index is -0.673. The van der Waals surface area contributed by atoms with Crippen molar-refractivity contribution in [2.45, 2.75) is 45.1 Å². The molecule has 1 aliphatic rings. The van der Waals surface area contributed by atoms with E-state index >= 15 is 0 Å². The maximum Gasteiger partial charge on any atom is 0.120 e. The number of phenolic OH excluding ortho intramolecular Hbond substituents is 1. The third-order valence-corrected chi connectivity index (χ3v) is 4.08. The van der Waals surface area contributed by atoms with Gasteiger partial charge in [0.15, 0.2) is 0 Å². The molecule has 1 saturated carbocycles. The van der Waals surface area contributed by atoms with E-state index in [-0.39, 0.29) is 5.75 Å².